The van der Waals surface area contributed by atoms with Crippen LogP contribution >= 0.6 is 0 Å². The molecule has 1 aliphatic rings. The zero-order chi connectivity index (χ0) is 13.5. The highest BCUT2D eigenvalue weighted by Gasteiger charge is 2.31. The van der Waals surface area contributed by atoms with Crippen molar-refractivity contribution in [3.05, 3.63) is 0 Å². The molecule has 108 valence electrons. The molecule has 3 nitrogen and oxygen atoms in total. The molecule has 4 unspecified atom stereocenters. The molecule has 0 saturated carbocycles. The second kappa shape index (κ2) is 8.28. The summed E-state index contributed by atoms with van der Waals surface area (Å²) in [6.45, 7) is 12.2. The minimum absolute atomic E-state index is 0.599. The summed E-state index contributed by atoms with van der Waals surface area (Å²) in [6, 6.07) is 1.26. The molecule has 1 saturated heterocycles. The normalized spacial score (nSPS) is 31.4. The van der Waals surface area contributed by atoms with Gasteiger partial charge in [-0.05, 0) is 38.8 Å². The zero-order valence-corrected chi connectivity index (χ0v) is 13.3. The molecule has 0 radical (unpaired) electrons. The van der Waals surface area contributed by atoms with Crippen molar-refractivity contribution in [3.8, 4) is 0 Å². The van der Waals surface area contributed by atoms with Crippen molar-refractivity contribution in [1.82, 2.24) is 10.2 Å². The van der Waals surface area contributed by atoms with E-state index in [-0.39, 0.29) is 0 Å². The summed E-state index contributed by atoms with van der Waals surface area (Å²) < 4.78 is 11.5. The van der Waals surface area contributed by atoms with Gasteiger partial charge in [0.05, 0.1) is 0 Å². The van der Waals surface area contributed by atoms with Gasteiger partial charge >= 0.3 is 0 Å². The first-order chi connectivity index (χ1) is 8.60. The van der Waals surface area contributed by atoms with Gasteiger partial charge < -0.3 is 5.32 Å². The third-order valence-electron chi connectivity index (χ3n) is 4.28. The van der Waals surface area contributed by atoms with Crippen molar-refractivity contribution in [2.45, 2.75) is 52.6 Å². The molecule has 4 atom stereocenters. The Morgan fingerprint density at radius 2 is 2.06 bits per heavy atom. The summed E-state index contributed by atoms with van der Waals surface area (Å²) in [5.74, 6) is 2.30. The van der Waals surface area contributed by atoms with E-state index in [1.807, 2.05) is 6.92 Å². The van der Waals surface area contributed by atoms with Crippen LogP contribution < -0.4 is 5.32 Å². The molecule has 18 heavy (non-hydrogen) atoms. The molecule has 0 bridgehead atoms. The molecule has 0 aliphatic carbocycles. The summed E-state index contributed by atoms with van der Waals surface area (Å²) in [4.78, 5) is 2.52. The highest BCUT2D eigenvalue weighted by atomic mass is 32.2. The Morgan fingerprint density at radius 1 is 1.33 bits per heavy atom. The minimum atomic E-state index is -0.626. The van der Waals surface area contributed by atoms with Crippen LogP contribution in [0.15, 0.2) is 0 Å². The van der Waals surface area contributed by atoms with Crippen molar-refractivity contribution >= 4 is 10.8 Å². The fourth-order valence-corrected chi connectivity index (χ4v) is 3.46. The van der Waals surface area contributed by atoms with E-state index in [1.165, 1.54) is 12.8 Å². The van der Waals surface area contributed by atoms with Gasteiger partial charge in [0.2, 0.25) is 0 Å². The van der Waals surface area contributed by atoms with Crippen LogP contribution in [0.4, 0.5) is 0 Å². The second-order valence-corrected chi connectivity index (χ2v) is 7.28. The Kier molecular flexibility index (Phi) is 7.42. The van der Waals surface area contributed by atoms with Gasteiger partial charge in [-0.15, -0.1) is 0 Å². The lowest BCUT2D eigenvalue weighted by Gasteiger charge is -2.43. The second-order valence-electron chi connectivity index (χ2n) is 5.42. The topological polar surface area (TPSA) is 32.3 Å². The smallest absolute Gasteiger partial charge is 0.0362 e. The number of piperidine rings is 1. The Labute approximate surface area is 115 Å². The minimum Gasteiger partial charge on any atom is -0.314 e. The Hall–Kier alpha value is 0.0700. The highest BCUT2D eigenvalue weighted by molar-refractivity contribution is 7.84. The summed E-state index contributed by atoms with van der Waals surface area (Å²) >= 11 is 0. The van der Waals surface area contributed by atoms with Gasteiger partial charge in [-0.25, -0.2) is 0 Å². The fraction of sp³-hybridized carbons (Fsp3) is 1.00. The molecule has 0 aromatic rings. The zero-order valence-electron chi connectivity index (χ0n) is 12.4. The third kappa shape index (κ3) is 4.63. The van der Waals surface area contributed by atoms with Gasteiger partial charge in [-0.3, -0.25) is 9.11 Å². The number of rotatable bonds is 7. The SMILES string of the molecule is CCCNC1CCN(CCS(=O)CC)C(C)C1C. The lowest BCUT2D eigenvalue weighted by molar-refractivity contribution is 0.0911. The lowest BCUT2D eigenvalue weighted by Crippen LogP contribution is -2.54. The molecule has 0 spiro atoms. The van der Waals surface area contributed by atoms with Gasteiger partial charge in [0.1, 0.15) is 0 Å². The number of nitrogens with one attached hydrogen (secondary N) is 1. The number of likely N-dealkylation sites (tertiary alicyclic amines) is 1. The quantitative estimate of drug-likeness (QED) is 0.769. The molecule has 4 heteroatoms. The first-order valence-corrected chi connectivity index (χ1v) is 8.91. The van der Waals surface area contributed by atoms with Crippen LogP contribution in [0.1, 0.15) is 40.5 Å². The number of hydrogen-bond acceptors (Lipinski definition) is 3. The summed E-state index contributed by atoms with van der Waals surface area (Å²) in [5.41, 5.74) is 0. The van der Waals surface area contributed by atoms with E-state index in [0.29, 0.717) is 18.0 Å². The predicted molar refractivity (Wildman–Crippen MR) is 80.4 cm³/mol. The van der Waals surface area contributed by atoms with E-state index < -0.39 is 10.8 Å². The molecular formula is C14H30N2OS. The van der Waals surface area contributed by atoms with Crippen LogP contribution in [-0.2, 0) is 10.8 Å². The van der Waals surface area contributed by atoms with Gasteiger partial charge in [0.25, 0.3) is 0 Å². The maximum atomic E-state index is 11.5. The number of hydrogen-bond donors (Lipinski definition) is 1. The van der Waals surface area contributed by atoms with Crippen molar-refractivity contribution in [3.63, 3.8) is 0 Å². The Morgan fingerprint density at radius 3 is 2.67 bits per heavy atom. The van der Waals surface area contributed by atoms with Crippen molar-refractivity contribution in [2.75, 3.05) is 31.1 Å². The molecule has 1 aliphatic heterocycles. The largest absolute Gasteiger partial charge is 0.314 e. The third-order valence-corrected chi connectivity index (χ3v) is 5.57. The van der Waals surface area contributed by atoms with Gasteiger partial charge in [0, 0.05) is 40.9 Å². The summed E-state index contributed by atoms with van der Waals surface area (Å²) in [6.07, 6.45) is 2.43. The van der Waals surface area contributed by atoms with E-state index in [9.17, 15) is 4.21 Å². The monoisotopic (exact) mass is 274 g/mol. The van der Waals surface area contributed by atoms with E-state index in [0.717, 1.165) is 31.1 Å². The van der Waals surface area contributed by atoms with E-state index in [1.54, 1.807) is 0 Å². The summed E-state index contributed by atoms with van der Waals surface area (Å²) in [5, 5.41) is 3.66. The van der Waals surface area contributed by atoms with E-state index in [2.05, 4.69) is 31.0 Å². The van der Waals surface area contributed by atoms with Crippen molar-refractivity contribution in [2.24, 2.45) is 5.92 Å². The number of nitrogens with zero attached hydrogens (tertiary/aromatic N) is 1. The van der Waals surface area contributed by atoms with E-state index in [4.69, 9.17) is 0 Å². The van der Waals surface area contributed by atoms with Gasteiger partial charge in [0.15, 0.2) is 0 Å². The molecule has 1 N–H and O–H groups in total. The van der Waals surface area contributed by atoms with Crippen LogP contribution in [-0.4, -0.2) is 52.3 Å². The maximum absolute atomic E-state index is 11.5. The van der Waals surface area contributed by atoms with Crippen molar-refractivity contribution < 1.29 is 4.21 Å². The molecule has 0 amide bonds. The average molecular weight is 274 g/mol. The standard InChI is InChI=1S/C14H30N2OS/c1-5-8-15-14-7-9-16(13(4)12(14)3)10-11-18(17)6-2/h12-15H,5-11H2,1-4H3. The lowest BCUT2D eigenvalue weighted by atomic mass is 9.87. The van der Waals surface area contributed by atoms with Crippen molar-refractivity contribution in [1.29, 1.82) is 0 Å². The van der Waals surface area contributed by atoms with Crippen LogP contribution in [0.2, 0.25) is 0 Å². The van der Waals surface area contributed by atoms with Crippen LogP contribution in [0, 0.1) is 5.92 Å². The highest BCUT2D eigenvalue weighted by Crippen LogP contribution is 2.23. The summed E-state index contributed by atoms with van der Waals surface area (Å²) in [7, 11) is -0.626. The van der Waals surface area contributed by atoms with Gasteiger partial charge in [-0.2, -0.15) is 0 Å². The Bertz CT molecular complexity index is 260. The Balaban J connectivity index is 2.39. The van der Waals surface area contributed by atoms with Gasteiger partial charge in [-0.1, -0.05) is 20.8 Å². The average Bonchev–Trinajstić information content (AvgIpc) is 2.39. The first kappa shape index (κ1) is 16.1. The first-order valence-electron chi connectivity index (χ1n) is 7.42. The van der Waals surface area contributed by atoms with Crippen LogP contribution in [0.25, 0.3) is 0 Å². The molecular weight excluding hydrogens is 244 g/mol. The van der Waals surface area contributed by atoms with E-state index >= 15 is 0 Å². The molecule has 1 rings (SSSR count). The maximum Gasteiger partial charge on any atom is 0.0362 e. The van der Waals surface area contributed by atoms with Crippen LogP contribution in [0.5, 0.6) is 0 Å². The van der Waals surface area contributed by atoms with Crippen LogP contribution in [0.3, 0.4) is 0 Å². The molecule has 0 aromatic heterocycles. The molecule has 1 fully saturated rings. The predicted octanol–water partition coefficient (Wildman–Crippen LogP) is 1.85. The fourth-order valence-electron chi connectivity index (χ4n) is 2.74. The molecule has 0 aromatic carbocycles. The molecule has 1 heterocycles.